The number of hydrogen-bond acceptors (Lipinski definition) is 8. The lowest BCUT2D eigenvalue weighted by Crippen LogP contribution is -2.37. The fourth-order valence-corrected chi connectivity index (χ4v) is 1.89. The van der Waals surface area contributed by atoms with Crippen molar-refractivity contribution in [1.29, 1.82) is 0 Å². The first-order valence-electron chi connectivity index (χ1n) is 7.36. The van der Waals surface area contributed by atoms with Gasteiger partial charge in [0.15, 0.2) is 0 Å². The molecule has 2 rings (SSSR count). The molecule has 1 aliphatic heterocycles. The van der Waals surface area contributed by atoms with Gasteiger partial charge in [-0.05, 0) is 13.8 Å². The Morgan fingerprint density at radius 2 is 1.95 bits per heavy atom. The first kappa shape index (κ1) is 15.7. The highest BCUT2D eigenvalue weighted by Gasteiger charge is 2.16. The molecule has 0 unspecified atom stereocenters. The molecule has 1 aromatic heterocycles. The third-order valence-corrected chi connectivity index (χ3v) is 2.89. The Labute approximate surface area is 124 Å². The van der Waals surface area contributed by atoms with E-state index >= 15 is 0 Å². The van der Waals surface area contributed by atoms with E-state index in [1.165, 1.54) is 0 Å². The molecule has 21 heavy (non-hydrogen) atoms. The van der Waals surface area contributed by atoms with Crippen LogP contribution < -0.4 is 15.0 Å². The van der Waals surface area contributed by atoms with Crippen molar-refractivity contribution >= 4 is 11.9 Å². The van der Waals surface area contributed by atoms with Crippen LogP contribution in [0.25, 0.3) is 0 Å². The SMILES string of the molecule is CCNc1nc(OCCOCC)nc(N2CCOCC2)n1. The molecule has 118 valence electrons. The Bertz CT molecular complexity index is 426. The Hall–Kier alpha value is -1.67. The molecular weight excluding hydrogens is 274 g/mol. The lowest BCUT2D eigenvalue weighted by atomic mass is 10.4. The van der Waals surface area contributed by atoms with E-state index in [1.54, 1.807) is 0 Å². The predicted octanol–water partition coefficient (Wildman–Crippen LogP) is 0.555. The van der Waals surface area contributed by atoms with Crippen LogP contribution in [0.15, 0.2) is 0 Å². The fraction of sp³-hybridized carbons (Fsp3) is 0.769. The van der Waals surface area contributed by atoms with Crippen LogP contribution in [0.3, 0.4) is 0 Å². The fourth-order valence-electron chi connectivity index (χ4n) is 1.89. The summed E-state index contributed by atoms with van der Waals surface area (Å²) in [7, 11) is 0. The normalized spacial score (nSPS) is 15.0. The van der Waals surface area contributed by atoms with E-state index in [0.717, 1.165) is 19.6 Å². The number of aromatic nitrogens is 3. The van der Waals surface area contributed by atoms with Crippen LogP contribution in [0.5, 0.6) is 6.01 Å². The van der Waals surface area contributed by atoms with Gasteiger partial charge in [-0.25, -0.2) is 0 Å². The van der Waals surface area contributed by atoms with Gasteiger partial charge < -0.3 is 24.4 Å². The number of nitrogens with zero attached hydrogens (tertiary/aromatic N) is 4. The highest BCUT2D eigenvalue weighted by molar-refractivity contribution is 5.38. The summed E-state index contributed by atoms with van der Waals surface area (Å²) in [6.45, 7) is 9.20. The van der Waals surface area contributed by atoms with Gasteiger partial charge in [0.05, 0.1) is 19.8 Å². The summed E-state index contributed by atoms with van der Waals surface area (Å²) in [6.07, 6.45) is 0. The van der Waals surface area contributed by atoms with Gasteiger partial charge in [-0.1, -0.05) is 0 Å². The van der Waals surface area contributed by atoms with E-state index < -0.39 is 0 Å². The van der Waals surface area contributed by atoms with E-state index in [0.29, 0.717) is 50.9 Å². The van der Waals surface area contributed by atoms with Gasteiger partial charge in [-0.3, -0.25) is 0 Å². The maximum atomic E-state index is 5.54. The molecule has 0 atom stereocenters. The number of morpholine rings is 1. The highest BCUT2D eigenvalue weighted by atomic mass is 16.5. The molecule has 1 saturated heterocycles. The minimum absolute atomic E-state index is 0.321. The largest absolute Gasteiger partial charge is 0.461 e. The van der Waals surface area contributed by atoms with Crippen molar-refractivity contribution in [2.24, 2.45) is 0 Å². The third kappa shape index (κ3) is 4.98. The number of hydrogen-bond donors (Lipinski definition) is 1. The van der Waals surface area contributed by atoms with E-state index in [-0.39, 0.29) is 0 Å². The van der Waals surface area contributed by atoms with E-state index in [9.17, 15) is 0 Å². The Morgan fingerprint density at radius 1 is 1.14 bits per heavy atom. The average Bonchev–Trinajstić information content (AvgIpc) is 2.53. The smallest absolute Gasteiger partial charge is 0.323 e. The summed E-state index contributed by atoms with van der Waals surface area (Å²) in [6, 6.07) is 0.321. The molecule has 0 spiro atoms. The lowest BCUT2D eigenvalue weighted by molar-refractivity contribution is 0.106. The number of ether oxygens (including phenoxy) is 3. The maximum absolute atomic E-state index is 5.54. The predicted molar refractivity (Wildman–Crippen MR) is 79.0 cm³/mol. The maximum Gasteiger partial charge on any atom is 0.323 e. The molecule has 0 amide bonds. The van der Waals surface area contributed by atoms with Crippen molar-refractivity contribution in [3.63, 3.8) is 0 Å². The van der Waals surface area contributed by atoms with Crippen molar-refractivity contribution in [2.75, 3.05) is 62.9 Å². The highest BCUT2D eigenvalue weighted by Crippen LogP contribution is 2.16. The Morgan fingerprint density at radius 3 is 2.67 bits per heavy atom. The van der Waals surface area contributed by atoms with Crippen molar-refractivity contribution in [2.45, 2.75) is 13.8 Å². The number of rotatable bonds is 8. The minimum Gasteiger partial charge on any atom is -0.461 e. The summed E-state index contributed by atoms with van der Waals surface area (Å²) in [4.78, 5) is 15.1. The second kappa shape index (κ2) is 8.58. The molecule has 0 radical (unpaired) electrons. The summed E-state index contributed by atoms with van der Waals surface area (Å²) in [5.74, 6) is 1.15. The molecule has 8 nitrogen and oxygen atoms in total. The van der Waals surface area contributed by atoms with Gasteiger partial charge in [-0.2, -0.15) is 15.0 Å². The molecule has 1 aromatic rings. The Balaban J connectivity index is 2.05. The monoisotopic (exact) mass is 297 g/mol. The van der Waals surface area contributed by atoms with Crippen LogP contribution in [-0.2, 0) is 9.47 Å². The zero-order valence-electron chi connectivity index (χ0n) is 12.7. The molecule has 0 bridgehead atoms. The van der Waals surface area contributed by atoms with Crippen molar-refractivity contribution in [3.05, 3.63) is 0 Å². The van der Waals surface area contributed by atoms with Crippen molar-refractivity contribution in [1.82, 2.24) is 15.0 Å². The second-order valence-corrected chi connectivity index (χ2v) is 4.42. The average molecular weight is 297 g/mol. The van der Waals surface area contributed by atoms with Gasteiger partial charge in [0.25, 0.3) is 0 Å². The summed E-state index contributed by atoms with van der Waals surface area (Å²) < 4.78 is 16.1. The van der Waals surface area contributed by atoms with Crippen LogP contribution in [0.1, 0.15) is 13.8 Å². The third-order valence-electron chi connectivity index (χ3n) is 2.89. The van der Waals surface area contributed by atoms with Gasteiger partial charge in [0, 0.05) is 26.2 Å². The number of anilines is 2. The van der Waals surface area contributed by atoms with Crippen LogP contribution in [0, 0.1) is 0 Å². The van der Waals surface area contributed by atoms with Crippen LogP contribution in [0.2, 0.25) is 0 Å². The molecule has 1 fully saturated rings. The first-order chi connectivity index (χ1) is 10.3. The molecule has 0 saturated carbocycles. The van der Waals surface area contributed by atoms with Crippen LogP contribution in [0.4, 0.5) is 11.9 Å². The quantitative estimate of drug-likeness (QED) is 0.697. The number of nitrogens with one attached hydrogen (secondary N) is 1. The molecule has 8 heteroatoms. The summed E-state index contributed by atoms with van der Waals surface area (Å²) >= 11 is 0. The summed E-state index contributed by atoms with van der Waals surface area (Å²) in [5.41, 5.74) is 0. The van der Waals surface area contributed by atoms with Gasteiger partial charge in [-0.15, -0.1) is 0 Å². The van der Waals surface area contributed by atoms with Crippen LogP contribution >= 0.6 is 0 Å². The van der Waals surface area contributed by atoms with E-state index in [1.807, 2.05) is 13.8 Å². The summed E-state index contributed by atoms with van der Waals surface area (Å²) in [5, 5.41) is 3.10. The first-order valence-corrected chi connectivity index (χ1v) is 7.36. The second-order valence-electron chi connectivity index (χ2n) is 4.42. The Kier molecular flexibility index (Phi) is 6.42. The zero-order valence-corrected chi connectivity index (χ0v) is 12.7. The van der Waals surface area contributed by atoms with Gasteiger partial charge in [0.2, 0.25) is 11.9 Å². The topological polar surface area (TPSA) is 81.6 Å². The molecule has 0 aromatic carbocycles. The standard InChI is InChI=1S/C13H23N5O3/c1-3-14-11-15-12(18-5-7-20-8-6-18)17-13(16-11)21-10-9-19-4-2/h3-10H2,1-2H3,(H,14,15,16,17). The molecule has 1 aliphatic rings. The van der Waals surface area contributed by atoms with E-state index in [2.05, 4.69) is 25.2 Å². The molecular formula is C13H23N5O3. The molecule has 1 N–H and O–H groups in total. The molecule has 0 aliphatic carbocycles. The lowest BCUT2D eigenvalue weighted by Gasteiger charge is -2.26. The van der Waals surface area contributed by atoms with Crippen LogP contribution in [-0.4, -0.2) is 67.6 Å². The van der Waals surface area contributed by atoms with Crippen molar-refractivity contribution < 1.29 is 14.2 Å². The zero-order chi connectivity index (χ0) is 14.9. The molecule has 2 heterocycles. The van der Waals surface area contributed by atoms with Gasteiger partial charge in [0.1, 0.15) is 6.61 Å². The minimum atomic E-state index is 0.321. The van der Waals surface area contributed by atoms with Crippen molar-refractivity contribution in [3.8, 4) is 6.01 Å². The van der Waals surface area contributed by atoms with E-state index in [4.69, 9.17) is 14.2 Å². The van der Waals surface area contributed by atoms with Gasteiger partial charge >= 0.3 is 6.01 Å².